The van der Waals surface area contributed by atoms with Gasteiger partial charge in [0.15, 0.2) is 5.60 Å². The first-order valence-electron chi connectivity index (χ1n) is 10.3. The van der Waals surface area contributed by atoms with Gasteiger partial charge in [-0.3, -0.25) is 0 Å². The van der Waals surface area contributed by atoms with Crippen molar-refractivity contribution < 1.29 is 19.7 Å². The van der Waals surface area contributed by atoms with Gasteiger partial charge in [-0.1, -0.05) is 84.9 Å². The Morgan fingerprint density at radius 3 is 2.06 bits per heavy atom. The van der Waals surface area contributed by atoms with Crippen molar-refractivity contribution in [3.8, 4) is 0 Å². The molecule has 0 bridgehead atoms. The van der Waals surface area contributed by atoms with Crippen molar-refractivity contribution in [2.24, 2.45) is 0 Å². The Balaban J connectivity index is 1.54. The van der Waals surface area contributed by atoms with Crippen LogP contribution in [0.15, 0.2) is 95.6 Å². The summed E-state index contributed by atoms with van der Waals surface area (Å²) in [5, 5.41) is 21.3. The number of rotatable bonds is 4. The smallest absolute Gasteiger partial charge is 0.349 e. The minimum absolute atomic E-state index is 0.00876. The van der Waals surface area contributed by atoms with E-state index < -0.39 is 17.7 Å². The fourth-order valence-corrected chi connectivity index (χ4v) is 5.71. The van der Waals surface area contributed by atoms with Gasteiger partial charge in [-0.15, -0.1) is 11.8 Å². The maximum atomic E-state index is 13.2. The molecule has 4 nitrogen and oxygen atoms in total. The molecule has 156 valence electrons. The number of thioether (sulfide) groups is 1. The molecule has 0 saturated carbocycles. The first kappa shape index (κ1) is 19.9. The predicted octanol–water partition coefficient (Wildman–Crippen LogP) is 5.04. The molecule has 2 aliphatic rings. The predicted molar refractivity (Wildman–Crippen MR) is 121 cm³/mol. The van der Waals surface area contributed by atoms with Crippen molar-refractivity contribution in [3.63, 3.8) is 0 Å². The highest BCUT2D eigenvalue weighted by atomic mass is 32.2. The first-order valence-corrected chi connectivity index (χ1v) is 11.2. The average molecular weight is 431 g/mol. The van der Waals surface area contributed by atoms with E-state index in [1.54, 1.807) is 0 Å². The number of hydrogen-bond donors (Lipinski definition) is 2. The Morgan fingerprint density at radius 2 is 1.45 bits per heavy atom. The Labute approximate surface area is 185 Å². The number of hydrogen-bond acceptors (Lipinski definition) is 5. The second-order valence-electron chi connectivity index (χ2n) is 7.91. The van der Waals surface area contributed by atoms with Gasteiger partial charge in [-0.2, -0.15) is 0 Å². The van der Waals surface area contributed by atoms with Crippen molar-refractivity contribution in [1.82, 2.24) is 0 Å². The summed E-state index contributed by atoms with van der Waals surface area (Å²) in [4.78, 5) is 13.4. The molecule has 1 heterocycles. The van der Waals surface area contributed by atoms with Crippen LogP contribution >= 0.6 is 11.8 Å². The van der Waals surface area contributed by atoms with Crippen LogP contribution in [0.3, 0.4) is 0 Å². The molecule has 2 atom stereocenters. The minimum Gasteiger partial charge on any atom is -0.511 e. The van der Waals surface area contributed by atoms with E-state index in [0.717, 1.165) is 22.3 Å². The van der Waals surface area contributed by atoms with E-state index in [-0.39, 0.29) is 22.3 Å². The van der Waals surface area contributed by atoms with Gasteiger partial charge in [0, 0.05) is 17.5 Å². The molecule has 5 heteroatoms. The van der Waals surface area contributed by atoms with Crippen LogP contribution in [0.4, 0.5) is 0 Å². The van der Waals surface area contributed by atoms with Crippen molar-refractivity contribution >= 4 is 17.7 Å². The Kier molecular flexibility index (Phi) is 5.08. The van der Waals surface area contributed by atoms with E-state index in [1.807, 2.05) is 84.9 Å². The van der Waals surface area contributed by atoms with Crippen LogP contribution in [0.25, 0.3) is 0 Å². The Hall–Kier alpha value is -3.02. The number of aliphatic hydroxyl groups is 2. The lowest BCUT2D eigenvalue weighted by Gasteiger charge is -2.38. The lowest BCUT2D eigenvalue weighted by molar-refractivity contribution is -0.154. The van der Waals surface area contributed by atoms with Crippen LogP contribution in [0.1, 0.15) is 33.9 Å². The highest BCUT2D eigenvalue weighted by Crippen LogP contribution is 2.50. The van der Waals surface area contributed by atoms with Crippen LogP contribution in [-0.2, 0) is 21.6 Å². The number of carbonyl (C=O) groups is 1. The van der Waals surface area contributed by atoms with Gasteiger partial charge in [0.2, 0.25) is 0 Å². The molecular weight excluding hydrogens is 408 g/mol. The van der Waals surface area contributed by atoms with Crippen molar-refractivity contribution in [3.05, 3.63) is 118 Å². The third kappa shape index (κ3) is 3.44. The largest absolute Gasteiger partial charge is 0.511 e. The number of benzene rings is 3. The number of cyclic esters (lactones) is 1. The lowest BCUT2D eigenvalue weighted by atomic mass is 9.81. The summed E-state index contributed by atoms with van der Waals surface area (Å²) in [6.45, 7) is 0. The number of aliphatic hydroxyl groups excluding tert-OH is 2. The molecule has 3 aromatic rings. The van der Waals surface area contributed by atoms with Gasteiger partial charge in [0.1, 0.15) is 10.7 Å². The van der Waals surface area contributed by atoms with Crippen LogP contribution in [0, 0.1) is 0 Å². The monoisotopic (exact) mass is 430 g/mol. The van der Waals surface area contributed by atoms with Gasteiger partial charge >= 0.3 is 5.97 Å². The van der Waals surface area contributed by atoms with E-state index >= 15 is 0 Å². The van der Waals surface area contributed by atoms with Gasteiger partial charge in [0.25, 0.3) is 0 Å². The molecule has 2 unspecified atom stereocenters. The van der Waals surface area contributed by atoms with Gasteiger partial charge in [-0.05, 0) is 11.1 Å². The highest BCUT2D eigenvalue weighted by molar-refractivity contribution is 8.04. The zero-order valence-electron chi connectivity index (χ0n) is 16.8. The molecule has 0 spiro atoms. The molecule has 0 amide bonds. The fraction of sp³-hybridized carbons (Fsp3) is 0.192. The number of carbonyl (C=O) groups excluding carboxylic acids is 1. The molecule has 5 rings (SSSR count). The molecule has 0 aromatic heterocycles. The van der Waals surface area contributed by atoms with Gasteiger partial charge in [0.05, 0.1) is 17.8 Å². The normalized spacial score (nSPS) is 22.2. The number of ether oxygens (including phenoxy) is 1. The minimum atomic E-state index is -1.10. The first-order chi connectivity index (χ1) is 15.1. The van der Waals surface area contributed by atoms with Crippen LogP contribution in [0.5, 0.6) is 0 Å². The van der Waals surface area contributed by atoms with Crippen molar-refractivity contribution in [1.29, 1.82) is 0 Å². The zero-order chi connectivity index (χ0) is 21.4. The lowest BCUT2D eigenvalue weighted by Crippen LogP contribution is -2.38. The van der Waals surface area contributed by atoms with Crippen molar-refractivity contribution in [2.45, 2.75) is 29.8 Å². The zero-order valence-corrected chi connectivity index (χ0v) is 17.6. The summed E-state index contributed by atoms with van der Waals surface area (Å²) < 4.78 is 6.10. The third-order valence-corrected chi connectivity index (χ3v) is 7.46. The van der Waals surface area contributed by atoms with Gasteiger partial charge < -0.3 is 14.9 Å². The summed E-state index contributed by atoms with van der Waals surface area (Å²) in [7, 11) is 0. The summed E-state index contributed by atoms with van der Waals surface area (Å²) in [6.07, 6.45) is 0.0551. The molecule has 0 saturated heterocycles. The maximum absolute atomic E-state index is 13.2. The van der Waals surface area contributed by atoms with E-state index in [0.29, 0.717) is 6.42 Å². The second-order valence-corrected chi connectivity index (χ2v) is 9.06. The number of esters is 1. The molecule has 1 aliphatic heterocycles. The SMILES string of the molecule is O=C1OC(c2ccccc2)(c2ccccc2)CC(O)=C1SC1c2ccccc2CC1O. The third-order valence-electron chi connectivity index (χ3n) is 6.00. The molecule has 2 N–H and O–H groups in total. The van der Waals surface area contributed by atoms with E-state index in [1.165, 1.54) is 11.8 Å². The molecule has 3 aromatic carbocycles. The molecule has 0 fully saturated rings. The van der Waals surface area contributed by atoms with Gasteiger partial charge in [-0.25, -0.2) is 4.79 Å². The molecular formula is C26H22O4S. The van der Waals surface area contributed by atoms with E-state index in [4.69, 9.17) is 4.74 Å². The Morgan fingerprint density at radius 1 is 0.871 bits per heavy atom. The maximum Gasteiger partial charge on any atom is 0.349 e. The van der Waals surface area contributed by atoms with Crippen LogP contribution in [-0.4, -0.2) is 22.3 Å². The highest BCUT2D eigenvalue weighted by Gasteiger charge is 2.46. The summed E-state index contributed by atoms with van der Waals surface area (Å²) in [5.41, 5.74) is 2.57. The summed E-state index contributed by atoms with van der Waals surface area (Å²) in [6, 6.07) is 26.8. The summed E-state index contributed by atoms with van der Waals surface area (Å²) >= 11 is 1.19. The molecule has 0 radical (unpaired) electrons. The van der Waals surface area contributed by atoms with Crippen LogP contribution < -0.4 is 0 Å². The number of fused-ring (bicyclic) bond motifs is 1. The van der Waals surface area contributed by atoms with E-state index in [9.17, 15) is 15.0 Å². The topological polar surface area (TPSA) is 66.8 Å². The average Bonchev–Trinajstić information content (AvgIpc) is 3.12. The standard InChI is InChI=1S/C26H22O4S/c27-21-15-17-9-7-8-14-20(17)23(21)31-24-22(28)16-26(30-25(24)29,18-10-3-1-4-11-18)19-12-5-2-6-13-19/h1-14,21,23,27-28H,15-16H2. The van der Waals surface area contributed by atoms with Crippen LogP contribution in [0.2, 0.25) is 0 Å². The van der Waals surface area contributed by atoms with E-state index in [2.05, 4.69) is 0 Å². The second kappa shape index (κ2) is 7.91. The fourth-order valence-electron chi connectivity index (χ4n) is 4.50. The van der Waals surface area contributed by atoms with Crippen molar-refractivity contribution in [2.75, 3.05) is 0 Å². The molecule has 1 aliphatic carbocycles. The molecule has 31 heavy (non-hydrogen) atoms. The Bertz CT molecular complexity index is 1100. The summed E-state index contributed by atoms with van der Waals surface area (Å²) in [5.74, 6) is -0.580. The quantitative estimate of drug-likeness (QED) is 0.568.